The van der Waals surface area contributed by atoms with Crippen LogP contribution < -0.4 is 14.2 Å². The van der Waals surface area contributed by atoms with Crippen molar-refractivity contribution in [1.82, 2.24) is 4.90 Å². The lowest BCUT2D eigenvalue weighted by Gasteiger charge is -2.35. The molecule has 4 nitrogen and oxygen atoms in total. The Morgan fingerprint density at radius 2 is 1.59 bits per heavy atom. The van der Waals surface area contributed by atoms with Crippen LogP contribution in [0.1, 0.15) is 53.4 Å². The summed E-state index contributed by atoms with van der Waals surface area (Å²) in [6.07, 6.45) is 4.68. The first kappa shape index (κ1) is 22.8. The molecule has 5 rings (SSSR count). The Morgan fingerprint density at radius 1 is 0.824 bits per heavy atom. The fourth-order valence-electron chi connectivity index (χ4n) is 5.78. The van der Waals surface area contributed by atoms with Crippen LogP contribution in [0, 0.1) is 0 Å². The van der Waals surface area contributed by atoms with Crippen LogP contribution in [-0.2, 0) is 6.42 Å². The van der Waals surface area contributed by atoms with E-state index in [4.69, 9.17) is 14.2 Å². The molecule has 2 aliphatic rings. The number of likely N-dealkylation sites (tertiary alicyclic amines) is 1. The monoisotopic (exact) mass is 457 g/mol. The summed E-state index contributed by atoms with van der Waals surface area (Å²) in [6, 6.07) is 24.0. The first-order valence-corrected chi connectivity index (χ1v) is 12.5. The number of hydrogen-bond acceptors (Lipinski definition) is 4. The van der Waals surface area contributed by atoms with Crippen molar-refractivity contribution in [2.24, 2.45) is 0 Å². The average molecular weight is 458 g/mol. The van der Waals surface area contributed by atoms with E-state index in [1.54, 1.807) is 14.2 Å². The van der Waals surface area contributed by atoms with Gasteiger partial charge in [-0.15, -0.1) is 0 Å². The summed E-state index contributed by atoms with van der Waals surface area (Å²) >= 11 is 0. The predicted octanol–water partition coefficient (Wildman–Crippen LogP) is 6.04. The zero-order valence-electron chi connectivity index (χ0n) is 20.3. The Morgan fingerprint density at radius 3 is 2.29 bits per heavy atom. The second-order valence-electron chi connectivity index (χ2n) is 9.37. The molecule has 1 fully saturated rings. The molecule has 1 saturated heterocycles. The number of nitrogens with zero attached hydrogens (tertiary/aromatic N) is 1. The second-order valence-corrected chi connectivity index (χ2v) is 9.37. The van der Waals surface area contributed by atoms with Crippen molar-refractivity contribution in [3.63, 3.8) is 0 Å². The summed E-state index contributed by atoms with van der Waals surface area (Å²) in [5, 5.41) is 0. The third-order valence-corrected chi connectivity index (χ3v) is 7.47. The largest absolute Gasteiger partial charge is 0.493 e. The van der Waals surface area contributed by atoms with E-state index in [1.165, 1.54) is 48.2 Å². The van der Waals surface area contributed by atoms with Gasteiger partial charge in [-0.3, -0.25) is 4.90 Å². The standard InChI is InChI=1S/C30H35NO3/c1-32-28-17-16-26-27(30(28)33-2)15-14-25(22-8-4-3-5-9-22)29(26)23-10-12-24(13-11-23)34-21-20-31-18-6-7-19-31/h3-5,8-13,16-17,25,29H,6-7,14-15,18-21H2,1-2H3/t25-,29+/m1/s1. The van der Waals surface area contributed by atoms with Gasteiger partial charge in [-0.05, 0) is 79.6 Å². The smallest absolute Gasteiger partial charge is 0.164 e. The van der Waals surface area contributed by atoms with Gasteiger partial charge in [0.15, 0.2) is 11.5 Å². The molecular formula is C30H35NO3. The normalized spacial score (nSPS) is 20.1. The van der Waals surface area contributed by atoms with Crippen LogP contribution in [0.15, 0.2) is 66.7 Å². The molecule has 4 heteroatoms. The molecule has 1 aliphatic carbocycles. The molecule has 0 bridgehead atoms. The summed E-state index contributed by atoms with van der Waals surface area (Å²) < 4.78 is 17.5. The van der Waals surface area contributed by atoms with Crippen molar-refractivity contribution in [3.8, 4) is 17.2 Å². The number of benzene rings is 3. The van der Waals surface area contributed by atoms with Crippen molar-refractivity contribution in [3.05, 3.63) is 89.0 Å². The number of rotatable bonds is 8. The lowest BCUT2D eigenvalue weighted by atomic mass is 9.69. The molecule has 34 heavy (non-hydrogen) atoms. The zero-order valence-corrected chi connectivity index (χ0v) is 20.3. The summed E-state index contributed by atoms with van der Waals surface area (Å²) in [5.41, 5.74) is 5.30. The van der Waals surface area contributed by atoms with E-state index < -0.39 is 0 Å². The maximum absolute atomic E-state index is 6.08. The van der Waals surface area contributed by atoms with Crippen molar-refractivity contribution in [1.29, 1.82) is 0 Å². The highest BCUT2D eigenvalue weighted by atomic mass is 16.5. The lowest BCUT2D eigenvalue weighted by molar-refractivity contribution is 0.237. The second kappa shape index (κ2) is 10.5. The third kappa shape index (κ3) is 4.65. The Kier molecular flexibility index (Phi) is 7.05. The van der Waals surface area contributed by atoms with Gasteiger partial charge >= 0.3 is 0 Å². The molecule has 0 amide bonds. The van der Waals surface area contributed by atoms with Crippen LogP contribution in [0.3, 0.4) is 0 Å². The first-order chi connectivity index (χ1) is 16.8. The van der Waals surface area contributed by atoms with E-state index in [0.29, 0.717) is 5.92 Å². The Bertz CT molecular complexity index is 1070. The summed E-state index contributed by atoms with van der Waals surface area (Å²) in [4.78, 5) is 2.49. The van der Waals surface area contributed by atoms with Crippen LogP contribution in [0.2, 0.25) is 0 Å². The minimum absolute atomic E-state index is 0.254. The topological polar surface area (TPSA) is 30.9 Å². The van der Waals surface area contributed by atoms with Gasteiger partial charge in [0.2, 0.25) is 0 Å². The first-order valence-electron chi connectivity index (χ1n) is 12.5. The minimum atomic E-state index is 0.254. The quantitative estimate of drug-likeness (QED) is 0.413. The predicted molar refractivity (Wildman–Crippen MR) is 137 cm³/mol. The Balaban J connectivity index is 1.44. The van der Waals surface area contributed by atoms with Crippen molar-refractivity contribution >= 4 is 0 Å². The fraction of sp³-hybridized carbons (Fsp3) is 0.400. The van der Waals surface area contributed by atoms with E-state index in [1.807, 2.05) is 6.07 Å². The molecule has 0 radical (unpaired) electrons. The van der Waals surface area contributed by atoms with Gasteiger partial charge in [-0.1, -0.05) is 48.5 Å². The van der Waals surface area contributed by atoms with Gasteiger partial charge in [0.1, 0.15) is 12.4 Å². The maximum atomic E-state index is 6.08. The molecule has 178 valence electrons. The number of hydrogen-bond donors (Lipinski definition) is 0. The highest BCUT2D eigenvalue weighted by Crippen LogP contribution is 2.50. The number of methoxy groups -OCH3 is 2. The number of ether oxygens (including phenoxy) is 3. The summed E-state index contributed by atoms with van der Waals surface area (Å²) in [6.45, 7) is 4.17. The molecule has 2 atom stereocenters. The van der Waals surface area contributed by atoms with E-state index in [-0.39, 0.29) is 5.92 Å². The van der Waals surface area contributed by atoms with Crippen LogP contribution in [0.5, 0.6) is 17.2 Å². The lowest BCUT2D eigenvalue weighted by Crippen LogP contribution is -2.25. The molecule has 0 unspecified atom stereocenters. The Hall–Kier alpha value is -2.98. The molecule has 0 spiro atoms. The molecule has 3 aromatic carbocycles. The molecule has 3 aromatic rings. The van der Waals surface area contributed by atoms with Crippen LogP contribution in [0.4, 0.5) is 0 Å². The summed E-state index contributed by atoms with van der Waals surface area (Å²) in [5.74, 6) is 3.29. The van der Waals surface area contributed by atoms with Gasteiger partial charge in [0.25, 0.3) is 0 Å². The average Bonchev–Trinajstić information content (AvgIpc) is 3.42. The molecule has 1 aliphatic heterocycles. The van der Waals surface area contributed by atoms with Crippen LogP contribution in [-0.4, -0.2) is 45.4 Å². The molecular weight excluding hydrogens is 422 g/mol. The molecule has 1 heterocycles. The van der Waals surface area contributed by atoms with Crippen LogP contribution >= 0.6 is 0 Å². The molecule has 0 N–H and O–H groups in total. The van der Waals surface area contributed by atoms with Crippen molar-refractivity contribution < 1.29 is 14.2 Å². The highest BCUT2D eigenvalue weighted by molar-refractivity contribution is 5.56. The van der Waals surface area contributed by atoms with Crippen molar-refractivity contribution in [2.45, 2.75) is 37.5 Å². The van der Waals surface area contributed by atoms with E-state index in [2.05, 4.69) is 65.6 Å². The van der Waals surface area contributed by atoms with E-state index in [0.717, 1.165) is 43.2 Å². The Labute approximate surface area is 203 Å². The molecule has 0 saturated carbocycles. The number of fused-ring (bicyclic) bond motifs is 1. The third-order valence-electron chi connectivity index (χ3n) is 7.47. The fourth-order valence-corrected chi connectivity index (χ4v) is 5.78. The minimum Gasteiger partial charge on any atom is -0.493 e. The van der Waals surface area contributed by atoms with Gasteiger partial charge < -0.3 is 14.2 Å². The maximum Gasteiger partial charge on any atom is 0.164 e. The SMILES string of the molecule is COc1ccc2c(c1OC)CC[C@H](c1ccccc1)[C@@H]2c1ccc(OCCN2CCCC2)cc1. The summed E-state index contributed by atoms with van der Waals surface area (Å²) in [7, 11) is 3.45. The van der Waals surface area contributed by atoms with Gasteiger partial charge in [0, 0.05) is 18.0 Å². The van der Waals surface area contributed by atoms with Crippen molar-refractivity contribution in [2.75, 3.05) is 40.5 Å². The highest BCUT2D eigenvalue weighted by Gasteiger charge is 2.34. The van der Waals surface area contributed by atoms with Gasteiger partial charge in [0.05, 0.1) is 14.2 Å². The zero-order chi connectivity index (χ0) is 23.3. The van der Waals surface area contributed by atoms with E-state index >= 15 is 0 Å². The van der Waals surface area contributed by atoms with Crippen LogP contribution in [0.25, 0.3) is 0 Å². The van der Waals surface area contributed by atoms with Gasteiger partial charge in [-0.25, -0.2) is 0 Å². The van der Waals surface area contributed by atoms with Gasteiger partial charge in [-0.2, -0.15) is 0 Å². The molecule has 0 aromatic heterocycles. The van der Waals surface area contributed by atoms with E-state index in [9.17, 15) is 0 Å².